The zero-order valence-corrected chi connectivity index (χ0v) is 18.8. The number of methoxy groups -OCH3 is 1. The number of carbonyl (C=O) groups excluding carboxylic acids is 1. The smallest absolute Gasteiger partial charge is 0.306 e. The van der Waals surface area contributed by atoms with E-state index in [2.05, 4.69) is 9.88 Å². The Kier molecular flexibility index (Phi) is 6.70. The van der Waals surface area contributed by atoms with Gasteiger partial charge in [0.1, 0.15) is 5.75 Å². The summed E-state index contributed by atoms with van der Waals surface area (Å²) < 4.78 is 7.48. The number of hydrogen-bond donors (Lipinski definition) is 2. The van der Waals surface area contributed by atoms with Gasteiger partial charge in [0.25, 0.3) is 5.91 Å². The number of ether oxygens (including phenoxy) is 1. The lowest BCUT2D eigenvalue weighted by Gasteiger charge is -2.26. The Morgan fingerprint density at radius 2 is 1.84 bits per heavy atom. The molecular weight excluding hydrogens is 428 g/mol. The zero-order chi connectivity index (χ0) is 22.7. The van der Waals surface area contributed by atoms with Gasteiger partial charge in [0.2, 0.25) is 0 Å². The number of nitrogens with one attached hydrogen (secondary N) is 1. The Labute approximate surface area is 192 Å². The van der Waals surface area contributed by atoms with Gasteiger partial charge in [-0.05, 0) is 67.5 Å². The molecule has 1 aliphatic carbocycles. The van der Waals surface area contributed by atoms with Gasteiger partial charge in [-0.1, -0.05) is 23.7 Å². The molecule has 1 saturated carbocycles. The van der Waals surface area contributed by atoms with Crippen LogP contribution >= 0.6 is 11.6 Å². The predicted octanol–water partition coefficient (Wildman–Crippen LogP) is 4.97. The lowest BCUT2D eigenvalue weighted by Crippen LogP contribution is -2.32. The molecule has 0 atom stereocenters. The summed E-state index contributed by atoms with van der Waals surface area (Å²) in [6, 6.07) is 13.4. The number of hydrogen-bond acceptors (Lipinski definition) is 3. The molecule has 2 aromatic carbocycles. The summed E-state index contributed by atoms with van der Waals surface area (Å²) in [5.74, 6) is -0.181. The maximum absolute atomic E-state index is 13.2. The molecule has 2 N–H and O–H groups in total. The first kappa shape index (κ1) is 22.2. The highest BCUT2D eigenvalue weighted by Crippen LogP contribution is 2.30. The summed E-state index contributed by atoms with van der Waals surface area (Å²) in [6.45, 7) is 1.16. The minimum atomic E-state index is -0.715. The lowest BCUT2D eigenvalue weighted by molar-refractivity contribution is -0.143. The van der Waals surface area contributed by atoms with Crippen LogP contribution in [-0.4, -0.2) is 35.2 Å². The monoisotopic (exact) mass is 454 g/mol. The number of carboxylic acid groups (broad SMARTS) is 1. The molecule has 168 valence electrons. The molecule has 0 spiro atoms. The van der Waals surface area contributed by atoms with Crippen molar-refractivity contribution in [3.05, 3.63) is 64.8 Å². The van der Waals surface area contributed by atoms with E-state index in [0.29, 0.717) is 48.2 Å². The molecule has 1 aliphatic rings. The highest BCUT2D eigenvalue weighted by Gasteiger charge is 2.26. The number of carbonyl (C=O) groups is 2. The maximum atomic E-state index is 13.2. The second-order valence-corrected chi connectivity index (χ2v) is 8.89. The van der Waals surface area contributed by atoms with Crippen molar-refractivity contribution in [3.8, 4) is 5.75 Å². The van der Waals surface area contributed by atoms with E-state index in [-0.39, 0.29) is 11.8 Å². The van der Waals surface area contributed by atoms with E-state index >= 15 is 0 Å². The average molecular weight is 455 g/mol. The van der Waals surface area contributed by atoms with Crippen molar-refractivity contribution in [1.82, 2.24) is 9.88 Å². The molecule has 6 nitrogen and oxygen atoms in total. The lowest BCUT2D eigenvalue weighted by atomic mass is 9.82. The van der Waals surface area contributed by atoms with E-state index in [1.807, 2.05) is 42.6 Å². The van der Waals surface area contributed by atoms with Crippen LogP contribution in [0.25, 0.3) is 10.9 Å². The number of rotatable bonds is 7. The topological polar surface area (TPSA) is 80.6 Å². The Morgan fingerprint density at radius 1 is 1.12 bits per heavy atom. The van der Waals surface area contributed by atoms with Crippen LogP contribution in [0, 0.1) is 11.8 Å². The van der Waals surface area contributed by atoms with Gasteiger partial charge in [-0.3, -0.25) is 9.59 Å². The Bertz CT molecular complexity index is 1110. The molecule has 4 rings (SSSR count). The molecule has 0 radical (unpaired) electrons. The first-order valence-electron chi connectivity index (χ1n) is 10.9. The van der Waals surface area contributed by atoms with E-state index in [0.717, 1.165) is 29.3 Å². The van der Waals surface area contributed by atoms with Crippen molar-refractivity contribution < 1.29 is 19.4 Å². The fourth-order valence-electron chi connectivity index (χ4n) is 4.48. The normalized spacial score (nSPS) is 18.4. The molecule has 0 bridgehead atoms. The van der Waals surface area contributed by atoms with E-state index in [1.165, 1.54) is 0 Å². The van der Waals surface area contributed by atoms with Crippen molar-refractivity contribution in [1.29, 1.82) is 0 Å². The van der Waals surface area contributed by atoms with E-state index < -0.39 is 5.97 Å². The zero-order valence-electron chi connectivity index (χ0n) is 18.0. The molecule has 0 unspecified atom stereocenters. The van der Waals surface area contributed by atoms with E-state index in [1.54, 1.807) is 13.2 Å². The van der Waals surface area contributed by atoms with Crippen LogP contribution in [0.2, 0.25) is 5.02 Å². The Balaban J connectivity index is 1.53. The fraction of sp³-hybridized carbons (Fsp3) is 0.360. The van der Waals surface area contributed by atoms with Crippen molar-refractivity contribution in [2.75, 3.05) is 13.7 Å². The van der Waals surface area contributed by atoms with Crippen molar-refractivity contribution in [2.24, 2.45) is 11.8 Å². The molecule has 0 saturated heterocycles. The van der Waals surface area contributed by atoms with E-state index in [9.17, 15) is 14.7 Å². The molecule has 3 aromatic rings. The van der Waals surface area contributed by atoms with Crippen LogP contribution in [0.5, 0.6) is 5.75 Å². The fourth-order valence-corrected chi connectivity index (χ4v) is 4.60. The van der Waals surface area contributed by atoms with Crippen molar-refractivity contribution >= 4 is 34.4 Å². The largest absolute Gasteiger partial charge is 0.497 e. The molecule has 1 aromatic heterocycles. The summed E-state index contributed by atoms with van der Waals surface area (Å²) in [4.78, 5) is 24.4. The number of benzene rings is 2. The summed E-state index contributed by atoms with van der Waals surface area (Å²) in [5.41, 5.74) is 2.51. The van der Waals surface area contributed by atoms with Gasteiger partial charge in [0, 0.05) is 29.7 Å². The molecule has 1 amide bonds. The SMILES string of the molecule is COc1cc(C(=O)NCC2CCC(C(=O)O)CC2)c2c(ccn2Cc2ccc(Cl)cc2)c1. The first-order chi connectivity index (χ1) is 15.4. The minimum absolute atomic E-state index is 0.148. The third-order valence-corrected chi connectivity index (χ3v) is 6.58. The van der Waals surface area contributed by atoms with Gasteiger partial charge in [-0.25, -0.2) is 0 Å². The van der Waals surface area contributed by atoms with E-state index in [4.69, 9.17) is 16.3 Å². The van der Waals surface area contributed by atoms with Gasteiger partial charge in [-0.15, -0.1) is 0 Å². The van der Waals surface area contributed by atoms with Crippen LogP contribution < -0.4 is 10.1 Å². The highest BCUT2D eigenvalue weighted by molar-refractivity contribution is 6.30. The molecule has 1 heterocycles. The van der Waals surface area contributed by atoms with Gasteiger partial charge in [0.05, 0.1) is 24.1 Å². The van der Waals surface area contributed by atoms with Gasteiger partial charge < -0.3 is 19.7 Å². The van der Waals surface area contributed by atoms with Crippen LogP contribution in [0.15, 0.2) is 48.7 Å². The Hall–Kier alpha value is -2.99. The molecule has 7 heteroatoms. The Morgan fingerprint density at radius 3 is 2.50 bits per heavy atom. The van der Waals surface area contributed by atoms with Gasteiger partial charge in [0.15, 0.2) is 0 Å². The molecule has 0 aliphatic heterocycles. The van der Waals surface area contributed by atoms with Crippen molar-refractivity contribution in [3.63, 3.8) is 0 Å². The predicted molar refractivity (Wildman–Crippen MR) is 124 cm³/mol. The van der Waals surface area contributed by atoms with Crippen LogP contribution in [0.3, 0.4) is 0 Å². The summed E-state index contributed by atoms with van der Waals surface area (Å²) in [7, 11) is 1.59. The number of fused-ring (bicyclic) bond motifs is 1. The quantitative estimate of drug-likeness (QED) is 0.528. The van der Waals surface area contributed by atoms with Gasteiger partial charge >= 0.3 is 5.97 Å². The number of aromatic nitrogens is 1. The van der Waals surface area contributed by atoms with Crippen LogP contribution in [0.1, 0.15) is 41.6 Å². The number of carboxylic acids is 1. The van der Waals surface area contributed by atoms with Gasteiger partial charge in [-0.2, -0.15) is 0 Å². The average Bonchev–Trinajstić information content (AvgIpc) is 3.21. The number of amides is 1. The van der Waals surface area contributed by atoms with Crippen LogP contribution in [0.4, 0.5) is 0 Å². The summed E-state index contributed by atoms with van der Waals surface area (Å²) in [6.07, 6.45) is 4.95. The number of aliphatic carboxylic acids is 1. The number of halogens is 1. The molecule has 1 fully saturated rings. The first-order valence-corrected chi connectivity index (χ1v) is 11.2. The number of nitrogens with zero attached hydrogens (tertiary/aromatic N) is 1. The summed E-state index contributed by atoms with van der Waals surface area (Å²) >= 11 is 6.01. The standard InChI is InChI=1S/C25H27ClN2O4/c1-32-21-12-19-10-11-28(15-17-4-8-20(26)9-5-17)23(19)22(13-21)24(29)27-14-16-2-6-18(7-3-16)25(30)31/h4-5,8-13,16,18H,2-3,6-7,14-15H2,1H3,(H,27,29)(H,30,31). The minimum Gasteiger partial charge on any atom is -0.497 e. The van der Waals surface area contributed by atoms with Crippen LogP contribution in [-0.2, 0) is 11.3 Å². The third-order valence-electron chi connectivity index (χ3n) is 6.33. The highest BCUT2D eigenvalue weighted by atomic mass is 35.5. The third kappa shape index (κ3) is 4.91. The van der Waals surface area contributed by atoms with Crippen molar-refractivity contribution in [2.45, 2.75) is 32.2 Å². The maximum Gasteiger partial charge on any atom is 0.306 e. The second kappa shape index (κ2) is 9.65. The molecule has 32 heavy (non-hydrogen) atoms. The second-order valence-electron chi connectivity index (χ2n) is 8.45. The summed E-state index contributed by atoms with van der Waals surface area (Å²) in [5, 5.41) is 13.9. The molecular formula is C25H27ClN2O4.